The third-order valence-electron chi connectivity index (χ3n) is 5.82. The Balaban J connectivity index is 0.00000128. The summed E-state index contributed by atoms with van der Waals surface area (Å²) in [5.41, 5.74) is 3.55. The summed E-state index contributed by atoms with van der Waals surface area (Å²) in [6.07, 6.45) is 4.02. The van der Waals surface area contributed by atoms with Gasteiger partial charge in [0.05, 0.1) is 11.3 Å². The highest BCUT2D eigenvalue weighted by molar-refractivity contribution is 5.97. The highest BCUT2D eigenvalue weighted by atomic mass is 35.5. The third-order valence-corrected chi connectivity index (χ3v) is 5.82. The van der Waals surface area contributed by atoms with Gasteiger partial charge >= 0.3 is 0 Å². The van der Waals surface area contributed by atoms with Gasteiger partial charge in [-0.2, -0.15) is 0 Å². The minimum absolute atomic E-state index is 0. The van der Waals surface area contributed by atoms with Crippen molar-refractivity contribution in [2.24, 2.45) is 11.8 Å². The first kappa shape index (κ1) is 22.4. The lowest BCUT2D eigenvalue weighted by Gasteiger charge is -2.19. The molecule has 0 aliphatic carbocycles. The molecular formula is C22H26Cl2N4O2. The molecule has 1 N–H and O–H groups in total. The topological polar surface area (TPSA) is 58.9 Å². The Kier molecular flexibility index (Phi) is 6.91. The van der Waals surface area contributed by atoms with E-state index in [1.165, 1.54) is 5.56 Å². The van der Waals surface area contributed by atoms with Crippen molar-refractivity contribution in [1.82, 2.24) is 19.6 Å². The summed E-state index contributed by atoms with van der Waals surface area (Å²) in [7, 11) is 0. The molecule has 2 aliphatic heterocycles. The molecule has 2 fully saturated rings. The van der Waals surface area contributed by atoms with Crippen LogP contribution in [0, 0.1) is 18.8 Å². The van der Waals surface area contributed by atoms with E-state index in [1.807, 2.05) is 58.1 Å². The first-order valence-electron chi connectivity index (χ1n) is 9.83. The quantitative estimate of drug-likeness (QED) is 0.664. The van der Waals surface area contributed by atoms with Crippen LogP contribution in [0.15, 0.2) is 48.8 Å². The molecule has 4 heterocycles. The van der Waals surface area contributed by atoms with Gasteiger partial charge in [0.15, 0.2) is 0 Å². The first-order valence-corrected chi connectivity index (χ1v) is 9.83. The summed E-state index contributed by atoms with van der Waals surface area (Å²) in [5, 5.41) is 3.42. The molecule has 8 heteroatoms. The van der Waals surface area contributed by atoms with E-state index in [0.717, 1.165) is 37.5 Å². The van der Waals surface area contributed by atoms with Crippen LogP contribution in [0.5, 0.6) is 5.75 Å². The van der Waals surface area contributed by atoms with Gasteiger partial charge in [-0.1, -0.05) is 18.2 Å². The lowest BCUT2D eigenvalue weighted by Crippen LogP contribution is -2.32. The number of nitrogens with zero attached hydrogens (tertiary/aromatic N) is 3. The van der Waals surface area contributed by atoms with Crippen molar-refractivity contribution < 1.29 is 9.53 Å². The van der Waals surface area contributed by atoms with Gasteiger partial charge in [0, 0.05) is 38.6 Å². The summed E-state index contributed by atoms with van der Waals surface area (Å²) < 4.78 is 8.02. The van der Waals surface area contributed by atoms with Crippen LogP contribution in [-0.2, 0) is 6.61 Å². The van der Waals surface area contributed by atoms with Crippen LogP contribution in [0.25, 0.3) is 5.65 Å². The second kappa shape index (κ2) is 9.25. The molecular weight excluding hydrogens is 423 g/mol. The summed E-state index contributed by atoms with van der Waals surface area (Å²) in [6.45, 7) is 6.08. The number of carbonyl (C=O) groups is 1. The zero-order chi connectivity index (χ0) is 19.1. The number of halogens is 2. The maximum Gasteiger partial charge on any atom is 0.257 e. The van der Waals surface area contributed by atoms with Gasteiger partial charge in [0.1, 0.15) is 18.0 Å². The zero-order valence-electron chi connectivity index (χ0n) is 16.8. The molecule has 0 bridgehead atoms. The third kappa shape index (κ3) is 4.26. The van der Waals surface area contributed by atoms with Crippen molar-refractivity contribution in [3.8, 4) is 5.75 Å². The average Bonchev–Trinajstić information content (AvgIpc) is 3.40. The molecule has 0 saturated carbocycles. The maximum atomic E-state index is 13.1. The van der Waals surface area contributed by atoms with Gasteiger partial charge in [-0.25, -0.2) is 4.98 Å². The van der Waals surface area contributed by atoms with Crippen molar-refractivity contribution in [1.29, 1.82) is 0 Å². The second-order valence-corrected chi connectivity index (χ2v) is 7.88. The van der Waals surface area contributed by atoms with Gasteiger partial charge < -0.3 is 19.4 Å². The van der Waals surface area contributed by atoms with E-state index < -0.39 is 0 Å². The second-order valence-electron chi connectivity index (χ2n) is 7.88. The van der Waals surface area contributed by atoms with Gasteiger partial charge in [-0.3, -0.25) is 4.79 Å². The van der Waals surface area contributed by atoms with Crippen molar-refractivity contribution in [3.05, 3.63) is 65.6 Å². The first-order chi connectivity index (χ1) is 13.7. The van der Waals surface area contributed by atoms with Crippen molar-refractivity contribution in [2.75, 3.05) is 26.2 Å². The normalized spacial score (nSPS) is 19.8. The molecule has 1 amide bonds. The largest absolute Gasteiger partial charge is 0.486 e. The van der Waals surface area contributed by atoms with E-state index in [2.05, 4.69) is 17.2 Å². The molecule has 160 valence electrons. The van der Waals surface area contributed by atoms with E-state index >= 15 is 0 Å². The fourth-order valence-corrected chi connectivity index (χ4v) is 4.34. The van der Waals surface area contributed by atoms with E-state index in [0.29, 0.717) is 29.8 Å². The molecule has 5 rings (SSSR count). The lowest BCUT2D eigenvalue weighted by molar-refractivity contribution is 0.0776. The maximum absolute atomic E-state index is 13.1. The number of benzene rings is 1. The number of hydrogen-bond acceptors (Lipinski definition) is 4. The minimum atomic E-state index is 0. The molecule has 3 aromatic rings. The number of ether oxygens (including phenoxy) is 1. The number of likely N-dealkylation sites (tertiary alicyclic amines) is 1. The molecule has 1 aromatic carbocycles. The smallest absolute Gasteiger partial charge is 0.257 e. The van der Waals surface area contributed by atoms with E-state index in [-0.39, 0.29) is 30.7 Å². The molecule has 2 aromatic heterocycles. The number of aromatic nitrogens is 2. The predicted octanol–water partition coefficient (Wildman–Crippen LogP) is 3.36. The summed E-state index contributed by atoms with van der Waals surface area (Å²) in [5.74, 6) is 1.85. The molecule has 0 unspecified atom stereocenters. The zero-order valence-corrected chi connectivity index (χ0v) is 18.4. The standard InChI is InChI=1S/C22H24N4O2.2ClH/c1-15-6-7-21-24-18(13-25(21)10-15)14-28-20-5-3-2-4-19(20)22(27)26-11-16-8-23-9-17(16)12-26;;/h2-7,10,13,16-17,23H,8-9,11-12,14H2,1H3;2*1H/t16-,17+;;. The van der Waals surface area contributed by atoms with E-state index in [4.69, 9.17) is 4.74 Å². The van der Waals surface area contributed by atoms with Crippen molar-refractivity contribution >= 4 is 36.4 Å². The highest BCUT2D eigenvalue weighted by Gasteiger charge is 2.38. The van der Waals surface area contributed by atoms with Crippen LogP contribution in [-0.4, -0.2) is 46.4 Å². The number of amides is 1. The predicted molar refractivity (Wildman–Crippen MR) is 121 cm³/mol. The number of hydrogen-bond donors (Lipinski definition) is 1. The van der Waals surface area contributed by atoms with E-state index in [9.17, 15) is 4.79 Å². The molecule has 0 radical (unpaired) electrons. The van der Waals surface area contributed by atoms with Crippen LogP contribution in [0.2, 0.25) is 0 Å². The van der Waals surface area contributed by atoms with E-state index in [1.54, 1.807) is 0 Å². The summed E-state index contributed by atoms with van der Waals surface area (Å²) in [6, 6.07) is 11.6. The molecule has 0 spiro atoms. The van der Waals surface area contributed by atoms with Crippen LogP contribution in [0.3, 0.4) is 0 Å². The van der Waals surface area contributed by atoms with Crippen LogP contribution >= 0.6 is 24.8 Å². The Morgan fingerprint density at radius 2 is 1.83 bits per heavy atom. The monoisotopic (exact) mass is 448 g/mol. The van der Waals surface area contributed by atoms with Gasteiger partial charge in [-0.05, 0) is 42.5 Å². The minimum Gasteiger partial charge on any atom is -0.486 e. The molecule has 30 heavy (non-hydrogen) atoms. The Labute approximate surface area is 188 Å². The number of aryl methyl sites for hydroxylation is 1. The number of pyridine rings is 1. The Morgan fingerprint density at radius 3 is 2.60 bits per heavy atom. The van der Waals surface area contributed by atoms with Crippen molar-refractivity contribution in [3.63, 3.8) is 0 Å². The number of para-hydroxylation sites is 1. The van der Waals surface area contributed by atoms with Crippen molar-refractivity contribution in [2.45, 2.75) is 13.5 Å². The van der Waals surface area contributed by atoms with Crippen LogP contribution < -0.4 is 10.1 Å². The van der Waals surface area contributed by atoms with Crippen LogP contribution in [0.1, 0.15) is 21.6 Å². The Hall–Kier alpha value is -2.28. The summed E-state index contributed by atoms with van der Waals surface area (Å²) in [4.78, 5) is 19.7. The number of nitrogens with one attached hydrogen (secondary N) is 1. The van der Waals surface area contributed by atoms with Crippen LogP contribution in [0.4, 0.5) is 0 Å². The number of rotatable bonds is 4. The molecule has 6 nitrogen and oxygen atoms in total. The SMILES string of the molecule is Cc1ccc2nc(COc3ccccc3C(=O)N3C[C@H]4CNC[C@H]4C3)cn2c1.Cl.Cl. The summed E-state index contributed by atoms with van der Waals surface area (Å²) >= 11 is 0. The fourth-order valence-electron chi connectivity index (χ4n) is 4.34. The van der Waals surface area contributed by atoms with Gasteiger partial charge in [0.25, 0.3) is 5.91 Å². The number of imidazole rings is 1. The molecule has 2 aliphatic rings. The van der Waals surface area contributed by atoms with Gasteiger partial charge in [-0.15, -0.1) is 24.8 Å². The van der Waals surface area contributed by atoms with Gasteiger partial charge in [0.2, 0.25) is 0 Å². The Bertz CT molecular complexity index is 1030. The average molecular weight is 449 g/mol. The highest BCUT2D eigenvalue weighted by Crippen LogP contribution is 2.29. The fraction of sp³-hybridized carbons (Fsp3) is 0.364. The molecule has 2 saturated heterocycles. The lowest BCUT2D eigenvalue weighted by atomic mass is 10.0. The molecule has 2 atom stereocenters. The Morgan fingerprint density at radius 1 is 1.10 bits per heavy atom. The number of carbonyl (C=O) groups excluding carboxylic acids is 1. The number of fused-ring (bicyclic) bond motifs is 2.